The first-order valence-electron chi connectivity index (χ1n) is 6.99. The molecule has 1 aliphatic heterocycles. The molecule has 0 aromatic heterocycles. The van der Waals surface area contributed by atoms with Crippen LogP contribution in [0.15, 0.2) is 0 Å². The summed E-state index contributed by atoms with van der Waals surface area (Å²) in [5, 5.41) is 0. The van der Waals surface area contributed by atoms with E-state index in [9.17, 15) is 0 Å². The van der Waals surface area contributed by atoms with E-state index in [1.54, 1.807) is 0 Å². The average molecular weight is 242 g/mol. The second kappa shape index (κ2) is 7.34. The largest absolute Gasteiger partial charge is 0.384 e. The number of hydrogen-bond donors (Lipinski definition) is 1. The van der Waals surface area contributed by atoms with E-state index in [-0.39, 0.29) is 0 Å². The molecule has 1 heterocycles. The molecule has 0 aliphatic carbocycles. The fourth-order valence-corrected chi connectivity index (χ4v) is 2.61. The van der Waals surface area contributed by atoms with Crippen LogP contribution in [0.3, 0.4) is 0 Å². The molecule has 1 unspecified atom stereocenters. The van der Waals surface area contributed by atoms with Crippen LogP contribution in [0, 0.1) is 11.3 Å². The molecule has 0 amide bonds. The van der Waals surface area contributed by atoms with Crippen LogP contribution in [0.25, 0.3) is 0 Å². The fraction of sp³-hybridized carbons (Fsp3) is 1.00. The highest BCUT2D eigenvalue weighted by Gasteiger charge is 2.20. The molecule has 0 bridgehead atoms. The predicted molar refractivity (Wildman–Crippen MR) is 73.1 cm³/mol. The van der Waals surface area contributed by atoms with Gasteiger partial charge in [0.1, 0.15) is 0 Å². The minimum Gasteiger partial charge on any atom is -0.384 e. The Labute approximate surface area is 107 Å². The summed E-state index contributed by atoms with van der Waals surface area (Å²) in [6.45, 7) is 9.95. The zero-order valence-electron chi connectivity index (χ0n) is 11.9. The summed E-state index contributed by atoms with van der Waals surface area (Å²) in [7, 11) is 1.81. The first-order valence-corrected chi connectivity index (χ1v) is 6.99. The lowest BCUT2D eigenvalue weighted by Gasteiger charge is -2.33. The van der Waals surface area contributed by atoms with Gasteiger partial charge < -0.3 is 15.4 Å². The van der Waals surface area contributed by atoms with E-state index in [2.05, 4.69) is 18.7 Å². The smallest absolute Gasteiger partial charge is 0.0502 e. The molecular formula is C14H30N2O. The maximum atomic E-state index is 5.76. The van der Waals surface area contributed by atoms with Crippen LogP contribution >= 0.6 is 0 Å². The van der Waals surface area contributed by atoms with Crippen molar-refractivity contribution >= 4 is 0 Å². The number of likely N-dealkylation sites (tertiary alicyclic amines) is 1. The second-order valence-electron chi connectivity index (χ2n) is 6.24. The van der Waals surface area contributed by atoms with Crippen LogP contribution in [0.5, 0.6) is 0 Å². The normalized spacial score (nSPS) is 22.9. The Morgan fingerprint density at radius 2 is 2.18 bits per heavy atom. The number of methoxy groups -OCH3 is 1. The molecule has 1 rings (SSSR count). The van der Waals surface area contributed by atoms with Gasteiger partial charge in [0.05, 0.1) is 6.61 Å². The SMILES string of the molecule is COCC1CCCN(CCCC(C)(C)CN)C1. The van der Waals surface area contributed by atoms with Gasteiger partial charge in [-0.05, 0) is 56.7 Å². The van der Waals surface area contributed by atoms with E-state index in [0.29, 0.717) is 5.41 Å². The van der Waals surface area contributed by atoms with Gasteiger partial charge >= 0.3 is 0 Å². The molecule has 3 nitrogen and oxygen atoms in total. The molecule has 0 aromatic carbocycles. The molecule has 3 heteroatoms. The first-order chi connectivity index (χ1) is 8.07. The van der Waals surface area contributed by atoms with Crippen molar-refractivity contribution in [3.63, 3.8) is 0 Å². The number of hydrogen-bond acceptors (Lipinski definition) is 3. The Hall–Kier alpha value is -0.120. The Morgan fingerprint density at radius 1 is 1.41 bits per heavy atom. The summed E-state index contributed by atoms with van der Waals surface area (Å²) < 4.78 is 5.26. The van der Waals surface area contributed by atoms with Crippen molar-refractivity contribution in [2.24, 2.45) is 17.1 Å². The zero-order chi connectivity index (χ0) is 12.7. The molecule has 1 fully saturated rings. The van der Waals surface area contributed by atoms with E-state index in [4.69, 9.17) is 10.5 Å². The van der Waals surface area contributed by atoms with E-state index < -0.39 is 0 Å². The summed E-state index contributed by atoms with van der Waals surface area (Å²) >= 11 is 0. The maximum Gasteiger partial charge on any atom is 0.0502 e. The van der Waals surface area contributed by atoms with Crippen molar-refractivity contribution in [3.05, 3.63) is 0 Å². The average Bonchev–Trinajstić information content (AvgIpc) is 2.30. The van der Waals surface area contributed by atoms with E-state index in [0.717, 1.165) is 19.1 Å². The fourth-order valence-electron chi connectivity index (χ4n) is 2.61. The number of nitrogens with two attached hydrogens (primary N) is 1. The summed E-state index contributed by atoms with van der Waals surface area (Å²) in [4.78, 5) is 2.60. The minimum atomic E-state index is 0.307. The minimum absolute atomic E-state index is 0.307. The molecule has 2 N–H and O–H groups in total. The predicted octanol–water partition coefficient (Wildman–Crippen LogP) is 2.11. The third-order valence-electron chi connectivity index (χ3n) is 3.89. The van der Waals surface area contributed by atoms with Crippen LogP contribution in [-0.2, 0) is 4.74 Å². The van der Waals surface area contributed by atoms with Gasteiger partial charge in [0, 0.05) is 13.7 Å². The van der Waals surface area contributed by atoms with Crippen molar-refractivity contribution in [1.29, 1.82) is 0 Å². The van der Waals surface area contributed by atoms with Gasteiger partial charge in [-0.1, -0.05) is 13.8 Å². The van der Waals surface area contributed by atoms with Gasteiger partial charge in [-0.15, -0.1) is 0 Å². The number of piperidine rings is 1. The van der Waals surface area contributed by atoms with Gasteiger partial charge in [0.25, 0.3) is 0 Å². The van der Waals surface area contributed by atoms with Crippen molar-refractivity contribution < 1.29 is 4.74 Å². The third-order valence-corrected chi connectivity index (χ3v) is 3.89. The monoisotopic (exact) mass is 242 g/mol. The lowest BCUT2D eigenvalue weighted by molar-refractivity contribution is 0.0883. The quantitative estimate of drug-likeness (QED) is 0.743. The standard InChI is InChI=1S/C14H30N2O/c1-14(2,12-15)7-5-9-16-8-4-6-13(10-16)11-17-3/h13H,4-12,15H2,1-3H3. The Bertz CT molecular complexity index is 204. The molecule has 0 radical (unpaired) electrons. The molecule has 1 aliphatic rings. The van der Waals surface area contributed by atoms with Gasteiger partial charge in [-0.2, -0.15) is 0 Å². The molecule has 102 valence electrons. The summed E-state index contributed by atoms with van der Waals surface area (Å²) in [6, 6.07) is 0. The topological polar surface area (TPSA) is 38.5 Å². The highest BCUT2D eigenvalue weighted by atomic mass is 16.5. The number of rotatable bonds is 7. The van der Waals surface area contributed by atoms with Crippen LogP contribution in [0.4, 0.5) is 0 Å². The van der Waals surface area contributed by atoms with Gasteiger partial charge in [-0.25, -0.2) is 0 Å². The molecule has 0 saturated carbocycles. The van der Waals surface area contributed by atoms with Gasteiger partial charge in [0.15, 0.2) is 0 Å². The van der Waals surface area contributed by atoms with Crippen molar-refractivity contribution in [2.45, 2.75) is 39.5 Å². The third kappa shape index (κ3) is 5.84. The highest BCUT2D eigenvalue weighted by Crippen LogP contribution is 2.22. The van der Waals surface area contributed by atoms with Crippen LogP contribution in [0.1, 0.15) is 39.5 Å². The molecule has 0 aromatic rings. The van der Waals surface area contributed by atoms with E-state index >= 15 is 0 Å². The van der Waals surface area contributed by atoms with Gasteiger partial charge in [0.2, 0.25) is 0 Å². The molecule has 17 heavy (non-hydrogen) atoms. The summed E-state index contributed by atoms with van der Waals surface area (Å²) in [5.41, 5.74) is 6.06. The van der Waals surface area contributed by atoms with E-state index in [1.807, 2.05) is 7.11 Å². The van der Waals surface area contributed by atoms with Crippen LogP contribution in [-0.4, -0.2) is 44.8 Å². The number of nitrogens with zero attached hydrogens (tertiary/aromatic N) is 1. The molecule has 1 atom stereocenters. The maximum absolute atomic E-state index is 5.76. The molecule has 0 spiro atoms. The molecular weight excluding hydrogens is 212 g/mol. The lowest BCUT2D eigenvalue weighted by atomic mass is 9.88. The van der Waals surface area contributed by atoms with Crippen molar-refractivity contribution in [3.8, 4) is 0 Å². The van der Waals surface area contributed by atoms with Gasteiger partial charge in [-0.3, -0.25) is 0 Å². The molecule has 1 saturated heterocycles. The van der Waals surface area contributed by atoms with E-state index in [1.165, 1.54) is 45.3 Å². The van der Waals surface area contributed by atoms with Crippen molar-refractivity contribution in [2.75, 3.05) is 39.9 Å². The zero-order valence-corrected chi connectivity index (χ0v) is 11.9. The number of ether oxygens (including phenoxy) is 1. The Morgan fingerprint density at radius 3 is 2.82 bits per heavy atom. The Balaban J connectivity index is 2.18. The van der Waals surface area contributed by atoms with Crippen LogP contribution < -0.4 is 5.73 Å². The lowest BCUT2D eigenvalue weighted by Crippen LogP contribution is -2.38. The van der Waals surface area contributed by atoms with Crippen LogP contribution in [0.2, 0.25) is 0 Å². The first kappa shape index (κ1) is 14.9. The second-order valence-corrected chi connectivity index (χ2v) is 6.24. The van der Waals surface area contributed by atoms with Crippen molar-refractivity contribution in [1.82, 2.24) is 4.90 Å². The summed E-state index contributed by atoms with van der Waals surface area (Å²) in [6.07, 6.45) is 5.16. The summed E-state index contributed by atoms with van der Waals surface area (Å²) in [5.74, 6) is 0.747. The Kier molecular flexibility index (Phi) is 6.45. The highest BCUT2D eigenvalue weighted by molar-refractivity contribution is 4.75.